The van der Waals surface area contributed by atoms with Gasteiger partial charge in [0.2, 0.25) is 0 Å². The minimum absolute atomic E-state index is 0. The molecule has 1 atom stereocenters. The number of hydrogen-bond acceptors (Lipinski definition) is 5. The second-order valence-electron chi connectivity index (χ2n) is 5.28. The first kappa shape index (κ1) is 20.9. The van der Waals surface area contributed by atoms with Crippen molar-refractivity contribution >= 4 is 58.5 Å². The lowest BCUT2D eigenvalue weighted by Crippen LogP contribution is -2.39. The summed E-state index contributed by atoms with van der Waals surface area (Å²) in [6.45, 7) is 3.41. The van der Waals surface area contributed by atoms with Crippen LogP contribution in [-0.2, 0) is 6.54 Å². The molecule has 0 aliphatic carbocycles. The van der Waals surface area contributed by atoms with Gasteiger partial charge in [0, 0.05) is 24.2 Å². The molecule has 0 fully saturated rings. The lowest BCUT2D eigenvalue weighted by molar-refractivity contribution is 0.184. The Labute approximate surface area is 177 Å². The second kappa shape index (κ2) is 10.0. The van der Waals surface area contributed by atoms with Gasteiger partial charge in [-0.15, -0.1) is 45.5 Å². The number of aliphatic hydroxyl groups excluding tert-OH is 1. The summed E-state index contributed by atoms with van der Waals surface area (Å²) in [7, 11) is 0. The molecule has 3 N–H and O–H groups in total. The van der Waals surface area contributed by atoms with E-state index < -0.39 is 6.10 Å². The van der Waals surface area contributed by atoms with Crippen molar-refractivity contribution in [3.8, 4) is 0 Å². The quantitative estimate of drug-likeness (QED) is 0.272. The van der Waals surface area contributed by atoms with E-state index in [4.69, 9.17) is 11.6 Å². The fourth-order valence-electron chi connectivity index (χ4n) is 2.29. The van der Waals surface area contributed by atoms with Gasteiger partial charge < -0.3 is 15.7 Å². The number of aromatic nitrogens is 3. The largest absolute Gasteiger partial charge is 0.386 e. The summed E-state index contributed by atoms with van der Waals surface area (Å²) in [5, 5.41) is 24.8. The van der Waals surface area contributed by atoms with E-state index in [-0.39, 0.29) is 24.0 Å². The molecule has 3 aromatic heterocycles. The molecule has 3 heterocycles. The van der Waals surface area contributed by atoms with Crippen LogP contribution in [0.2, 0.25) is 4.34 Å². The molecule has 0 spiro atoms. The van der Waals surface area contributed by atoms with Crippen LogP contribution in [0.1, 0.15) is 23.7 Å². The van der Waals surface area contributed by atoms with Crippen molar-refractivity contribution in [2.45, 2.75) is 19.6 Å². The van der Waals surface area contributed by atoms with E-state index in [0.717, 1.165) is 16.3 Å². The van der Waals surface area contributed by atoms with E-state index in [0.29, 0.717) is 29.9 Å². The molecule has 26 heavy (non-hydrogen) atoms. The van der Waals surface area contributed by atoms with Gasteiger partial charge in [-0.3, -0.25) is 4.40 Å². The maximum absolute atomic E-state index is 10.2. The number of nitrogens with one attached hydrogen (secondary N) is 2. The monoisotopic (exact) mass is 506 g/mol. The van der Waals surface area contributed by atoms with Crippen molar-refractivity contribution in [2.24, 2.45) is 4.99 Å². The Kier molecular flexibility index (Phi) is 8.07. The van der Waals surface area contributed by atoms with Crippen LogP contribution in [0.3, 0.4) is 0 Å². The van der Waals surface area contributed by atoms with E-state index in [1.165, 1.54) is 11.3 Å². The van der Waals surface area contributed by atoms with Gasteiger partial charge in [-0.2, -0.15) is 0 Å². The van der Waals surface area contributed by atoms with Gasteiger partial charge >= 0.3 is 0 Å². The average Bonchev–Trinajstić information content (AvgIpc) is 3.23. The summed E-state index contributed by atoms with van der Waals surface area (Å²) in [5.41, 5.74) is 0.788. The molecule has 140 valence electrons. The third kappa shape index (κ3) is 5.29. The Morgan fingerprint density at radius 2 is 2.15 bits per heavy atom. The number of guanidine groups is 1. The van der Waals surface area contributed by atoms with Gasteiger partial charge in [-0.25, -0.2) is 4.99 Å². The maximum atomic E-state index is 10.2. The van der Waals surface area contributed by atoms with E-state index >= 15 is 0 Å². The number of hydrogen-bond donors (Lipinski definition) is 3. The number of pyridine rings is 1. The molecule has 3 rings (SSSR count). The van der Waals surface area contributed by atoms with Crippen LogP contribution in [0.25, 0.3) is 5.65 Å². The van der Waals surface area contributed by atoms with Gasteiger partial charge in [-0.05, 0) is 31.2 Å². The molecular weight excluding hydrogens is 487 g/mol. The van der Waals surface area contributed by atoms with Crippen molar-refractivity contribution in [1.82, 2.24) is 25.2 Å². The van der Waals surface area contributed by atoms with Crippen LogP contribution in [0.5, 0.6) is 0 Å². The van der Waals surface area contributed by atoms with Crippen LogP contribution < -0.4 is 10.6 Å². The molecule has 1 unspecified atom stereocenters. The Hall–Kier alpha value is -1.43. The van der Waals surface area contributed by atoms with Gasteiger partial charge in [0.15, 0.2) is 17.4 Å². The Balaban J connectivity index is 0.00000243. The highest BCUT2D eigenvalue weighted by Crippen LogP contribution is 2.26. The lowest BCUT2D eigenvalue weighted by atomic mass is 10.3. The Bertz CT molecular complexity index is 867. The highest BCUT2D eigenvalue weighted by molar-refractivity contribution is 14.0. The molecule has 0 bridgehead atoms. The zero-order valence-electron chi connectivity index (χ0n) is 14.1. The molecule has 0 amide bonds. The molecule has 7 nitrogen and oxygen atoms in total. The minimum Gasteiger partial charge on any atom is -0.386 e. The SMILES string of the molecule is CCNC(=NCc1nnc2ccccn12)NCC(O)c1ccc(Cl)s1.I. The van der Waals surface area contributed by atoms with Gasteiger partial charge in [0.25, 0.3) is 0 Å². The second-order valence-corrected chi connectivity index (χ2v) is 7.03. The fraction of sp³-hybridized carbons (Fsp3) is 0.312. The zero-order valence-corrected chi connectivity index (χ0v) is 18.0. The topological polar surface area (TPSA) is 86.8 Å². The van der Waals surface area contributed by atoms with Crippen molar-refractivity contribution in [1.29, 1.82) is 0 Å². The van der Waals surface area contributed by atoms with Crippen molar-refractivity contribution in [3.63, 3.8) is 0 Å². The number of thiophene rings is 1. The first-order valence-electron chi connectivity index (χ1n) is 7.91. The summed E-state index contributed by atoms with van der Waals surface area (Å²) in [6, 6.07) is 9.34. The normalized spacial score (nSPS) is 12.7. The molecule has 0 saturated carbocycles. The standard InChI is InChI=1S/C16H19ClN6OS.HI/c1-2-18-16(19-9-11(24)12-6-7-13(17)25-12)20-10-15-22-21-14-5-3-4-8-23(14)15;/h3-8,11,24H,2,9-10H2,1H3,(H2,18,19,20);1H. The van der Waals surface area contributed by atoms with Gasteiger partial charge in [0.1, 0.15) is 12.6 Å². The number of aliphatic imine (C=N–C) groups is 1. The lowest BCUT2D eigenvalue weighted by Gasteiger charge is -2.14. The predicted octanol–water partition coefficient (Wildman–Crippen LogP) is 2.85. The summed E-state index contributed by atoms with van der Waals surface area (Å²) in [6.07, 6.45) is 1.26. The van der Waals surface area contributed by atoms with Gasteiger partial charge in [-0.1, -0.05) is 17.7 Å². The Morgan fingerprint density at radius 1 is 1.31 bits per heavy atom. The van der Waals surface area contributed by atoms with Crippen LogP contribution in [0, 0.1) is 0 Å². The Morgan fingerprint density at radius 3 is 2.88 bits per heavy atom. The van der Waals surface area contributed by atoms with E-state index in [1.54, 1.807) is 6.07 Å². The van der Waals surface area contributed by atoms with Crippen molar-refractivity contribution < 1.29 is 5.11 Å². The third-order valence-electron chi connectivity index (χ3n) is 3.49. The summed E-state index contributed by atoms with van der Waals surface area (Å²) in [5.74, 6) is 1.36. The van der Waals surface area contributed by atoms with Crippen LogP contribution >= 0.6 is 46.9 Å². The number of halogens is 2. The van der Waals surface area contributed by atoms with Gasteiger partial charge in [0.05, 0.1) is 4.34 Å². The van der Waals surface area contributed by atoms with Crippen LogP contribution in [0.15, 0.2) is 41.5 Å². The molecule has 0 saturated heterocycles. The maximum Gasteiger partial charge on any atom is 0.191 e. The van der Waals surface area contributed by atoms with Crippen molar-refractivity contribution in [2.75, 3.05) is 13.1 Å². The third-order valence-corrected chi connectivity index (χ3v) is 4.82. The molecular formula is C16H20ClIN6OS. The smallest absolute Gasteiger partial charge is 0.191 e. The highest BCUT2D eigenvalue weighted by Gasteiger charge is 2.11. The van der Waals surface area contributed by atoms with E-state index in [9.17, 15) is 5.11 Å². The first-order chi connectivity index (χ1) is 12.2. The van der Waals surface area contributed by atoms with Crippen LogP contribution in [0.4, 0.5) is 0 Å². The van der Waals surface area contributed by atoms with E-state index in [2.05, 4.69) is 25.8 Å². The molecule has 3 aromatic rings. The summed E-state index contributed by atoms with van der Waals surface area (Å²) >= 11 is 7.27. The first-order valence-corrected chi connectivity index (χ1v) is 9.11. The summed E-state index contributed by atoms with van der Waals surface area (Å²) < 4.78 is 2.56. The zero-order chi connectivity index (χ0) is 17.6. The van der Waals surface area contributed by atoms with Crippen molar-refractivity contribution in [3.05, 3.63) is 51.6 Å². The summed E-state index contributed by atoms with van der Waals surface area (Å²) in [4.78, 5) is 5.33. The fourth-order valence-corrected chi connectivity index (χ4v) is 3.34. The molecule has 10 heteroatoms. The van der Waals surface area contributed by atoms with E-state index in [1.807, 2.05) is 41.8 Å². The number of nitrogens with zero attached hydrogens (tertiary/aromatic N) is 4. The number of fused-ring (bicyclic) bond motifs is 1. The molecule has 0 aliphatic rings. The van der Waals surface area contributed by atoms with Crippen LogP contribution in [-0.4, -0.2) is 38.8 Å². The molecule has 0 aliphatic heterocycles. The molecule has 0 aromatic carbocycles. The highest BCUT2D eigenvalue weighted by atomic mass is 127. The minimum atomic E-state index is -0.643. The molecule has 0 radical (unpaired) electrons. The number of rotatable bonds is 6. The predicted molar refractivity (Wildman–Crippen MR) is 116 cm³/mol. The average molecular weight is 507 g/mol. The number of aliphatic hydroxyl groups is 1.